The smallest absolute Gasteiger partial charge is 0.104 e. The molecule has 0 bridgehead atoms. The van der Waals surface area contributed by atoms with Crippen LogP contribution in [-0.2, 0) is 11.3 Å². The van der Waals surface area contributed by atoms with Crippen molar-refractivity contribution in [3.8, 4) is 0 Å². The van der Waals surface area contributed by atoms with Gasteiger partial charge in [0.2, 0.25) is 0 Å². The summed E-state index contributed by atoms with van der Waals surface area (Å²) in [5, 5.41) is 10.7. The highest BCUT2D eigenvalue weighted by Gasteiger charge is 2.10. The second-order valence-corrected chi connectivity index (χ2v) is 4.73. The van der Waals surface area contributed by atoms with Gasteiger partial charge in [-0.3, -0.25) is 0 Å². The minimum absolute atomic E-state index is 0.195. The number of ether oxygens (including phenoxy) is 1. The zero-order chi connectivity index (χ0) is 13.7. The van der Waals surface area contributed by atoms with Crippen molar-refractivity contribution in [3.63, 3.8) is 0 Å². The van der Waals surface area contributed by atoms with Crippen LogP contribution in [0, 0.1) is 0 Å². The largest absolute Gasteiger partial charge is 0.398 e. The minimum atomic E-state index is -0.722. The molecule has 0 heterocycles. The molecule has 0 aliphatic rings. The molecule has 3 nitrogen and oxygen atoms in total. The highest BCUT2D eigenvalue weighted by molar-refractivity contribution is 6.30. The molecule has 1 unspecified atom stereocenters. The van der Waals surface area contributed by atoms with E-state index in [0.29, 0.717) is 22.9 Å². The Labute approximate surface area is 117 Å². The fraction of sp³-hybridized carbons (Fsp3) is 0.200. The van der Waals surface area contributed by atoms with Crippen molar-refractivity contribution in [1.29, 1.82) is 0 Å². The Balaban J connectivity index is 1.88. The van der Waals surface area contributed by atoms with Gasteiger partial charge in [-0.05, 0) is 23.8 Å². The quantitative estimate of drug-likeness (QED) is 0.826. The van der Waals surface area contributed by atoms with Gasteiger partial charge in [-0.25, -0.2) is 0 Å². The number of nitrogens with two attached hydrogens (primary N) is 1. The number of rotatable bonds is 5. The molecule has 2 aromatic carbocycles. The Morgan fingerprint density at radius 1 is 1.16 bits per heavy atom. The van der Waals surface area contributed by atoms with Crippen LogP contribution in [0.4, 0.5) is 5.69 Å². The summed E-state index contributed by atoms with van der Waals surface area (Å²) in [6.45, 7) is 0.602. The van der Waals surface area contributed by atoms with Crippen molar-refractivity contribution in [2.24, 2.45) is 0 Å². The van der Waals surface area contributed by atoms with Crippen molar-refractivity contribution >= 4 is 17.3 Å². The first-order chi connectivity index (χ1) is 9.16. The van der Waals surface area contributed by atoms with Crippen LogP contribution in [0.3, 0.4) is 0 Å². The van der Waals surface area contributed by atoms with Gasteiger partial charge >= 0.3 is 0 Å². The Morgan fingerprint density at radius 2 is 1.95 bits per heavy atom. The number of halogens is 1. The number of para-hydroxylation sites is 1. The predicted octanol–water partition coefficient (Wildman–Crippen LogP) is 3.17. The van der Waals surface area contributed by atoms with Gasteiger partial charge in [-0.1, -0.05) is 41.9 Å². The Morgan fingerprint density at radius 3 is 2.68 bits per heavy atom. The maximum Gasteiger partial charge on any atom is 0.104 e. The maximum absolute atomic E-state index is 10.0. The molecule has 3 N–H and O–H groups in total. The third kappa shape index (κ3) is 3.96. The number of aliphatic hydroxyl groups excluding tert-OH is 1. The molecule has 0 saturated carbocycles. The molecule has 0 amide bonds. The van der Waals surface area contributed by atoms with E-state index in [1.165, 1.54) is 0 Å². The third-order valence-corrected chi connectivity index (χ3v) is 3.02. The summed E-state index contributed by atoms with van der Waals surface area (Å²) >= 11 is 5.88. The topological polar surface area (TPSA) is 55.5 Å². The predicted molar refractivity (Wildman–Crippen MR) is 76.9 cm³/mol. The summed E-state index contributed by atoms with van der Waals surface area (Å²) in [4.78, 5) is 0. The van der Waals surface area contributed by atoms with E-state index in [0.717, 1.165) is 5.56 Å². The van der Waals surface area contributed by atoms with Crippen LogP contribution in [0.2, 0.25) is 5.02 Å². The highest BCUT2D eigenvalue weighted by Crippen LogP contribution is 2.20. The average Bonchev–Trinajstić information content (AvgIpc) is 2.39. The number of hydrogen-bond donors (Lipinski definition) is 2. The van der Waals surface area contributed by atoms with Gasteiger partial charge in [0, 0.05) is 16.3 Å². The zero-order valence-electron chi connectivity index (χ0n) is 10.4. The van der Waals surface area contributed by atoms with Crippen LogP contribution in [0.25, 0.3) is 0 Å². The van der Waals surface area contributed by atoms with Crippen molar-refractivity contribution in [1.82, 2.24) is 0 Å². The van der Waals surface area contributed by atoms with Gasteiger partial charge in [0.05, 0.1) is 13.2 Å². The van der Waals surface area contributed by atoms with E-state index in [4.69, 9.17) is 22.1 Å². The zero-order valence-corrected chi connectivity index (χ0v) is 11.2. The first kappa shape index (κ1) is 13.9. The number of hydrogen-bond acceptors (Lipinski definition) is 3. The number of anilines is 1. The summed E-state index contributed by atoms with van der Waals surface area (Å²) in [5.74, 6) is 0. The molecule has 0 saturated heterocycles. The molecule has 19 heavy (non-hydrogen) atoms. The molecule has 0 aliphatic heterocycles. The lowest BCUT2D eigenvalue weighted by atomic mass is 10.1. The molecular formula is C15H16ClNO2. The third-order valence-electron chi connectivity index (χ3n) is 2.79. The second kappa shape index (κ2) is 6.57. The van der Waals surface area contributed by atoms with Crippen molar-refractivity contribution in [2.75, 3.05) is 12.3 Å². The van der Waals surface area contributed by atoms with Gasteiger partial charge in [-0.2, -0.15) is 0 Å². The van der Waals surface area contributed by atoms with E-state index < -0.39 is 6.10 Å². The number of aliphatic hydroxyl groups is 1. The second-order valence-electron chi connectivity index (χ2n) is 4.29. The molecule has 100 valence electrons. The van der Waals surface area contributed by atoms with Gasteiger partial charge in [0.25, 0.3) is 0 Å². The lowest BCUT2D eigenvalue weighted by Crippen LogP contribution is -2.09. The SMILES string of the molecule is Nc1ccccc1C(O)COCc1cccc(Cl)c1. The molecular weight excluding hydrogens is 262 g/mol. The highest BCUT2D eigenvalue weighted by atomic mass is 35.5. The van der Waals surface area contributed by atoms with E-state index in [1.807, 2.05) is 36.4 Å². The molecule has 0 radical (unpaired) electrons. The summed E-state index contributed by atoms with van der Waals surface area (Å²) in [7, 11) is 0. The normalized spacial score (nSPS) is 12.3. The summed E-state index contributed by atoms with van der Waals surface area (Å²) in [5.41, 5.74) is 8.02. The Hall–Kier alpha value is -1.55. The van der Waals surface area contributed by atoms with Crippen LogP contribution in [-0.4, -0.2) is 11.7 Å². The van der Waals surface area contributed by atoms with Crippen LogP contribution in [0.15, 0.2) is 48.5 Å². The summed E-state index contributed by atoms with van der Waals surface area (Å²) < 4.78 is 5.48. The molecule has 0 aliphatic carbocycles. The van der Waals surface area contributed by atoms with Gasteiger partial charge in [0.1, 0.15) is 6.10 Å². The van der Waals surface area contributed by atoms with Crippen molar-refractivity contribution in [3.05, 3.63) is 64.7 Å². The molecule has 1 atom stereocenters. The monoisotopic (exact) mass is 277 g/mol. The standard InChI is InChI=1S/C15H16ClNO2/c16-12-5-3-4-11(8-12)9-19-10-15(18)13-6-1-2-7-14(13)17/h1-8,15,18H,9-10,17H2. The fourth-order valence-electron chi connectivity index (χ4n) is 1.82. The average molecular weight is 278 g/mol. The molecule has 2 rings (SSSR count). The van der Waals surface area contributed by atoms with E-state index >= 15 is 0 Å². The Bertz CT molecular complexity index is 545. The van der Waals surface area contributed by atoms with Crippen molar-refractivity contribution < 1.29 is 9.84 Å². The lowest BCUT2D eigenvalue weighted by molar-refractivity contribution is 0.0280. The van der Waals surface area contributed by atoms with Crippen LogP contribution >= 0.6 is 11.6 Å². The summed E-state index contributed by atoms with van der Waals surface area (Å²) in [6.07, 6.45) is -0.722. The van der Waals surface area contributed by atoms with E-state index in [1.54, 1.807) is 12.1 Å². The molecule has 0 aromatic heterocycles. The first-order valence-corrected chi connectivity index (χ1v) is 6.39. The van der Waals surface area contributed by atoms with Gasteiger partial charge in [0.15, 0.2) is 0 Å². The molecule has 0 spiro atoms. The number of benzene rings is 2. The fourth-order valence-corrected chi connectivity index (χ4v) is 2.03. The molecule has 2 aromatic rings. The Kier molecular flexibility index (Phi) is 4.80. The van der Waals surface area contributed by atoms with E-state index in [2.05, 4.69) is 0 Å². The van der Waals surface area contributed by atoms with Gasteiger partial charge in [-0.15, -0.1) is 0 Å². The molecule has 0 fully saturated rings. The van der Waals surface area contributed by atoms with Crippen LogP contribution < -0.4 is 5.73 Å². The van der Waals surface area contributed by atoms with E-state index in [-0.39, 0.29) is 6.61 Å². The lowest BCUT2D eigenvalue weighted by Gasteiger charge is -2.13. The summed E-state index contributed by atoms with van der Waals surface area (Å²) in [6, 6.07) is 14.7. The van der Waals surface area contributed by atoms with Crippen LogP contribution in [0.1, 0.15) is 17.2 Å². The van der Waals surface area contributed by atoms with Crippen molar-refractivity contribution in [2.45, 2.75) is 12.7 Å². The minimum Gasteiger partial charge on any atom is -0.398 e. The van der Waals surface area contributed by atoms with E-state index in [9.17, 15) is 5.11 Å². The molecule has 4 heteroatoms. The first-order valence-electron chi connectivity index (χ1n) is 6.01. The number of nitrogen functional groups attached to an aromatic ring is 1. The van der Waals surface area contributed by atoms with Crippen LogP contribution in [0.5, 0.6) is 0 Å². The maximum atomic E-state index is 10.0. The van der Waals surface area contributed by atoms with Gasteiger partial charge < -0.3 is 15.6 Å².